The van der Waals surface area contributed by atoms with E-state index in [0.29, 0.717) is 5.69 Å². The highest BCUT2D eigenvalue weighted by molar-refractivity contribution is 6.32. The summed E-state index contributed by atoms with van der Waals surface area (Å²) in [7, 11) is 0. The molecule has 0 aliphatic carbocycles. The molecule has 0 aromatic carbocycles. The second-order valence-corrected chi connectivity index (χ2v) is 4.54. The zero-order chi connectivity index (χ0) is 12.8. The summed E-state index contributed by atoms with van der Waals surface area (Å²) in [4.78, 5) is 13.6. The van der Waals surface area contributed by atoms with E-state index in [1.54, 1.807) is 0 Å². The number of rotatable bonds is 5. The third-order valence-electron chi connectivity index (χ3n) is 2.87. The number of hydrogen-bond acceptors (Lipinski definition) is 5. The summed E-state index contributed by atoms with van der Waals surface area (Å²) in [5.41, 5.74) is 0.220. The number of aromatic nitrogens is 2. The van der Waals surface area contributed by atoms with E-state index in [0.717, 1.165) is 45.8 Å². The van der Waals surface area contributed by atoms with Crippen LogP contribution < -0.4 is 10.9 Å². The van der Waals surface area contributed by atoms with E-state index in [4.69, 9.17) is 16.3 Å². The van der Waals surface area contributed by atoms with Crippen LogP contribution in [0.15, 0.2) is 11.0 Å². The molecule has 100 valence electrons. The first kappa shape index (κ1) is 13.3. The van der Waals surface area contributed by atoms with Gasteiger partial charge in [0.05, 0.1) is 25.1 Å². The number of hydrogen-bond donors (Lipinski definition) is 2. The largest absolute Gasteiger partial charge is 0.382 e. The summed E-state index contributed by atoms with van der Waals surface area (Å²) in [5, 5.41) is 9.27. The van der Waals surface area contributed by atoms with Crippen molar-refractivity contribution < 1.29 is 4.74 Å². The van der Waals surface area contributed by atoms with Gasteiger partial charge in [0.25, 0.3) is 5.56 Å². The van der Waals surface area contributed by atoms with Gasteiger partial charge >= 0.3 is 0 Å². The Kier molecular flexibility index (Phi) is 4.98. The van der Waals surface area contributed by atoms with Crippen LogP contribution in [0.3, 0.4) is 0 Å². The van der Waals surface area contributed by atoms with Gasteiger partial charge in [-0.25, -0.2) is 5.10 Å². The van der Waals surface area contributed by atoms with Gasteiger partial charge in [-0.2, -0.15) is 5.10 Å². The Morgan fingerprint density at radius 2 is 2.28 bits per heavy atom. The Bertz CT molecular complexity index is 431. The molecule has 0 amide bonds. The average molecular weight is 273 g/mol. The molecule has 7 heteroatoms. The lowest BCUT2D eigenvalue weighted by molar-refractivity contribution is 0.0378. The molecule has 0 unspecified atom stereocenters. The minimum absolute atomic E-state index is 0.163. The molecule has 1 aliphatic heterocycles. The van der Waals surface area contributed by atoms with Crippen molar-refractivity contribution >= 4 is 17.3 Å². The van der Waals surface area contributed by atoms with Gasteiger partial charge in [-0.1, -0.05) is 11.6 Å². The Labute approximate surface area is 110 Å². The van der Waals surface area contributed by atoms with Crippen LogP contribution in [-0.2, 0) is 4.74 Å². The number of nitrogens with zero attached hydrogens (tertiary/aromatic N) is 2. The van der Waals surface area contributed by atoms with Crippen molar-refractivity contribution in [2.75, 3.05) is 44.7 Å². The van der Waals surface area contributed by atoms with E-state index in [1.165, 1.54) is 6.20 Å². The van der Waals surface area contributed by atoms with Crippen molar-refractivity contribution in [3.63, 3.8) is 0 Å². The molecule has 2 rings (SSSR count). The predicted molar refractivity (Wildman–Crippen MR) is 70.2 cm³/mol. The molecule has 6 nitrogen and oxygen atoms in total. The highest BCUT2D eigenvalue weighted by Crippen LogP contribution is 2.13. The first-order valence-corrected chi connectivity index (χ1v) is 6.42. The maximum Gasteiger partial charge on any atom is 0.285 e. The summed E-state index contributed by atoms with van der Waals surface area (Å²) in [5.74, 6) is 0. The molecule has 2 N–H and O–H groups in total. The van der Waals surface area contributed by atoms with Crippen LogP contribution in [-0.4, -0.2) is 54.5 Å². The molecule has 0 spiro atoms. The molecule has 1 aromatic heterocycles. The molecule has 0 atom stereocenters. The fraction of sp³-hybridized carbons (Fsp3) is 0.636. The summed E-state index contributed by atoms with van der Waals surface area (Å²) in [6.07, 6.45) is 2.52. The standard InChI is InChI=1S/C11H17ClN4O2/c12-10-9(8-14-15-11(10)17)13-2-1-3-16-4-6-18-7-5-16/h8H,1-7H2,(H2,13,15,17). The lowest BCUT2D eigenvalue weighted by atomic mass is 10.3. The fourth-order valence-electron chi connectivity index (χ4n) is 1.86. The Hall–Kier alpha value is -1.11. The molecule has 2 heterocycles. The minimum atomic E-state index is -0.366. The van der Waals surface area contributed by atoms with Gasteiger partial charge in [0.15, 0.2) is 0 Å². The minimum Gasteiger partial charge on any atom is -0.382 e. The lowest BCUT2D eigenvalue weighted by Crippen LogP contribution is -2.37. The molecule has 18 heavy (non-hydrogen) atoms. The molecular weight excluding hydrogens is 256 g/mol. The van der Waals surface area contributed by atoms with Crippen LogP contribution in [0.1, 0.15) is 6.42 Å². The molecule has 0 saturated carbocycles. The molecular formula is C11H17ClN4O2. The topological polar surface area (TPSA) is 70.2 Å². The lowest BCUT2D eigenvalue weighted by Gasteiger charge is -2.26. The maximum absolute atomic E-state index is 11.2. The zero-order valence-electron chi connectivity index (χ0n) is 10.1. The van der Waals surface area contributed by atoms with Gasteiger partial charge in [0, 0.05) is 19.6 Å². The summed E-state index contributed by atoms with van der Waals surface area (Å²) in [6.45, 7) is 5.40. The van der Waals surface area contributed by atoms with E-state index >= 15 is 0 Å². The van der Waals surface area contributed by atoms with Gasteiger partial charge in [0.2, 0.25) is 0 Å². The normalized spacial score (nSPS) is 16.7. The van der Waals surface area contributed by atoms with Gasteiger partial charge < -0.3 is 10.1 Å². The monoisotopic (exact) mass is 272 g/mol. The third kappa shape index (κ3) is 3.69. The predicted octanol–water partition coefficient (Wildman–Crippen LogP) is 0.557. The second-order valence-electron chi connectivity index (χ2n) is 4.16. The van der Waals surface area contributed by atoms with Crippen molar-refractivity contribution in [3.8, 4) is 0 Å². The van der Waals surface area contributed by atoms with Crippen molar-refractivity contribution in [2.45, 2.75) is 6.42 Å². The van der Waals surface area contributed by atoms with Crippen LogP contribution in [0.2, 0.25) is 5.02 Å². The average Bonchev–Trinajstić information content (AvgIpc) is 2.40. The number of morpholine rings is 1. The Balaban J connectivity index is 1.71. The Morgan fingerprint density at radius 1 is 1.50 bits per heavy atom. The summed E-state index contributed by atoms with van der Waals surface area (Å²) < 4.78 is 5.28. The molecule has 1 aromatic rings. The van der Waals surface area contributed by atoms with Crippen molar-refractivity contribution in [2.24, 2.45) is 0 Å². The summed E-state index contributed by atoms with van der Waals surface area (Å²) in [6, 6.07) is 0. The first-order chi connectivity index (χ1) is 8.77. The molecule has 1 fully saturated rings. The van der Waals surface area contributed by atoms with Crippen LogP contribution in [0, 0.1) is 0 Å². The number of ether oxygens (including phenoxy) is 1. The smallest absolute Gasteiger partial charge is 0.285 e. The highest BCUT2D eigenvalue weighted by atomic mass is 35.5. The second kappa shape index (κ2) is 6.72. The summed E-state index contributed by atoms with van der Waals surface area (Å²) >= 11 is 5.85. The quantitative estimate of drug-likeness (QED) is 0.767. The van der Waals surface area contributed by atoms with E-state index in [2.05, 4.69) is 20.4 Å². The Morgan fingerprint density at radius 3 is 3.06 bits per heavy atom. The van der Waals surface area contributed by atoms with Crippen LogP contribution in [0.4, 0.5) is 5.69 Å². The number of H-pyrrole nitrogens is 1. The van der Waals surface area contributed by atoms with Gasteiger partial charge in [-0.05, 0) is 13.0 Å². The van der Waals surface area contributed by atoms with Gasteiger partial charge in [-0.3, -0.25) is 9.69 Å². The van der Waals surface area contributed by atoms with E-state index in [-0.39, 0.29) is 10.6 Å². The number of aromatic amines is 1. The fourth-order valence-corrected chi connectivity index (χ4v) is 2.02. The number of nitrogens with one attached hydrogen (secondary N) is 2. The van der Waals surface area contributed by atoms with Crippen LogP contribution in [0.5, 0.6) is 0 Å². The highest BCUT2D eigenvalue weighted by Gasteiger charge is 2.09. The van der Waals surface area contributed by atoms with Crippen LogP contribution in [0.25, 0.3) is 0 Å². The van der Waals surface area contributed by atoms with Crippen LogP contribution >= 0.6 is 11.6 Å². The van der Waals surface area contributed by atoms with Crippen molar-refractivity contribution in [3.05, 3.63) is 21.6 Å². The van der Waals surface area contributed by atoms with E-state index in [9.17, 15) is 4.79 Å². The van der Waals surface area contributed by atoms with E-state index < -0.39 is 0 Å². The van der Waals surface area contributed by atoms with E-state index in [1.807, 2.05) is 0 Å². The molecule has 1 saturated heterocycles. The molecule has 0 bridgehead atoms. The van der Waals surface area contributed by atoms with Crippen molar-refractivity contribution in [1.82, 2.24) is 15.1 Å². The van der Waals surface area contributed by atoms with Gasteiger partial charge in [-0.15, -0.1) is 0 Å². The number of halogens is 1. The van der Waals surface area contributed by atoms with Crippen molar-refractivity contribution in [1.29, 1.82) is 0 Å². The third-order valence-corrected chi connectivity index (χ3v) is 3.24. The zero-order valence-corrected chi connectivity index (χ0v) is 10.9. The first-order valence-electron chi connectivity index (χ1n) is 6.04. The maximum atomic E-state index is 11.2. The SMILES string of the molecule is O=c1[nH]ncc(NCCCN2CCOCC2)c1Cl. The number of anilines is 1. The molecule has 1 aliphatic rings. The molecule has 0 radical (unpaired) electrons. The van der Waals surface area contributed by atoms with Gasteiger partial charge in [0.1, 0.15) is 5.02 Å².